The van der Waals surface area contributed by atoms with E-state index in [1.54, 1.807) is 13.8 Å². The molecule has 2 rings (SSSR count). The maximum absolute atomic E-state index is 10.0. The van der Waals surface area contributed by atoms with Gasteiger partial charge in [-0.05, 0) is 39.1 Å². The zero-order valence-corrected chi connectivity index (χ0v) is 15.9. The molecule has 0 radical (unpaired) electrons. The summed E-state index contributed by atoms with van der Waals surface area (Å²) in [6.45, 7) is 8.44. The first-order valence-electron chi connectivity index (χ1n) is 8.51. The Bertz CT molecular complexity index is 621. The molecule has 0 unspecified atom stereocenters. The zero-order chi connectivity index (χ0) is 18.6. The summed E-state index contributed by atoms with van der Waals surface area (Å²) in [5.74, 6) is -3.61. The third-order valence-corrected chi connectivity index (χ3v) is 5.32. The van der Waals surface area contributed by atoms with E-state index in [-0.39, 0.29) is 13.2 Å². The van der Waals surface area contributed by atoms with Crippen molar-refractivity contribution >= 4 is 11.3 Å². The Balaban J connectivity index is 2.75. The molecule has 1 atom stereocenters. The minimum Gasteiger partial charge on any atom is -0.345 e. The molecule has 0 spiro atoms. The Hall–Kier alpha value is -1.48. The highest BCUT2D eigenvalue weighted by atomic mass is 32.1. The molecule has 136 valence electrons. The van der Waals surface area contributed by atoms with Crippen LogP contribution in [-0.4, -0.2) is 38.0 Å². The predicted molar refractivity (Wildman–Crippen MR) is 92.7 cm³/mol. The van der Waals surface area contributed by atoms with Gasteiger partial charge in [0.2, 0.25) is 11.2 Å². The maximum Gasteiger partial charge on any atom is 0.258 e. The first-order chi connectivity index (χ1) is 12.1. The highest BCUT2D eigenvalue weighted by molar-refractivity contribution is 7.10. The Morgan fingerprint density at radius 2 is 1.48 bits per heavy atom. The summed E-state index contributed by atoms with van der Waals surface area (Å²) in [6.07, 6.45) is 0. The van der Waals surface area contributed by atoms with E-state index in [1.165, 1.54) is 11.3 Å². The van der Waals surface area contributed by atoms with Crippen molar-refractivity contribution in [2.24, 2.45) is 5.41 Å². The molecule has 1 aromatic rings. The third-order valence-electron chi connectivity index (χ3n) is 4.38. The molecule has 0 aliphatic heterocycles. The molecule has 1 aliphatic rings. The molecule has 1 fully saturated rings. The van der Waals surface area contributed by atoms with Crippen molar-refractivity contribution in [3.05, 3.63) is 22.4 Å². The predicted octanol–water partition coefficient (Wildman–Crippen LogP) is 3.42. The number of ether oxygens (including phenoxy) is 4. The van der Waals surface area contributed by atoms with E-state index >= 15 is 0 Å². The molecule has 0 saturated heterocycles. The smallest absolute Gasteiger partial charge is 0.258 e. The van der Waals surface area contributed by atoms with Crippen LogP contribution in [0.15, 0.2) is 17.5 Å². The normalized spacial score (nSPS) is 22.6. The topological polar surface area (TPSA) is 84.5 Å². The number of thiophene rings is 1. The summed E-state index contributed by atoms with van der Waals surface area (Å²) in [4.78, 5) is 0.833. The van der Waals surface area contributed by atoms with Gasteiger partial charge in [0.1, 0.15) is 0 Å². The van der Waals surface area contributed by atoms with Crippen LogP contribution in [0, 0.1) is 28.1 Å². The van der Waals surface area contributed by atoms with Crippen molar-refractivity contribution in [1.82, 2.24) is 0 Å². The number of rotatable bonds is 9. The number of hydrogen-bond donors (Lipinski definition) is 0. The quantitative estimate of drug-likeness (QED) is 0.624. The summed E-state index contributed by atoms with van der Waals surface area (Å²) in [5, 5.41) is 22.0. The van der Waals surface area contributed by atoms with E-state index in [2.05, 4.69) is 12.1 Å². The highest BCUT2D eigenvalue weighted by Gasteiger charge is 2.87. The van der Waals surface area contributed by atoms with Gasteiger partial charge in [-0.25, -0.2) is 0 Å². The van der Waals surface area contributed by atoms with E-state index in [0.29, 0.717) is 13.2 Å². The fraction of sp³-hybridized carbons (Fsp3) is 0.667. The van der Waals surface area contributed by atoms with Gasteiger partial charge in [-0.1, -0.05) is 6.07 Å². The molecule has 1 saturated carbocycles. The van der Waals surface area contributed by atoms with Gasteiger partial charge in [-0.3, -0.25) is 0 Å². The molecule has 0 bridgehead atoms. The molecule has 25 heavy (non-hydrogen) atoms. The number of hydrogen-bond acceptors (Lipinski definition) is 7. The van der Waals surface area contributed by atoms with Crippen LogP contribution in [0.3, 0.4) is 0 Å². The molecule has 7 heteroatoms. The second-order valence-corrected chi connectivity index (χ2v) is 6.48. The van der Waals surface area contributed by atoms with Crippen LogP contribution >= 0.6 is 11.3 Å². The number of nitriles is 2. The van der Waals surface area contributed by atoms with E-state index in [4.69, 9.17) is 18.9 Å². The second-order valence-electron chi connectivity index (χ2n) is 5.50. The van der Waals surface area contributed by atoms with Crippen LogP contribution in [0.4, 0.5) is 0 Å². The highest BCUT2D eigenvalue weighted by Crippen LogP contribution is 2.70. The van der Waals surface area contributed by atoms with E-state index < -0.39 is 22.9 Å². The minimum atomic E-state index is -1.62. The van der Waals surface area contributed by atoms with Crippen LogP contribution in [-0.2, 0) is 18.9 Å². The summed E-state index contributed by atoms with van der Waals surface area (Å²) in [7, 11) is 0. The standard InChI is InChI=1S/C18H24N2O4S/c1-5-21-17(22-6-2)15(14-10-9-11-25-14)16(12-19,13-20)18(17,23-7-3)24-8-4/h9-11,15H,5-8H2,1-4H3/t15-/m1/s1. The summed E-state index contributed by atoms with van der Waals surface area (Å²) < 4.78 is 24.0. The Morgan fingerprint density at radius 1 is 0.960 bits per heavy atom. The Morgan fingerprint density at radius 3 is 1.84 bits per heavy atom. The van der Waals surface area contributed by atoms with Crippen LogP contribution < -0.4 is 0 Å². The summed E-state index contributed by atoms with van der Waals surface area (Å²) in [6, 6.07) is 8.10. The Labute approximate surface area is 152 Å². The van der Waals surface area contributed by atoms with Gasteiger partial charge < -0.3 is 18.9 Å². The van der Waals surface area contributed by atoms with Crippen molar-refractivity contribution in [3.63, 3.8) is 0 Å². The van der Waals surface area contributed by atoms with Crippen molar-refractivity contribution in [1.29, 1.82) is 10.5 Å². The van der Waals surface area contributed by atoms with Gasteiger partial charge in [0.05, 0.1) is 18.1 Å². The van der Waals surface area contributed by atoms with Gasteiger partial charge in [0.15, 0.2) is 0 Å². The van der Waals surface area contributed by atoms with Crippen LogP contribution in [0.2, 0.25) is 0 Å². The lowest BCUT2D eigenvalue weighted by Crippen LogP contribution is -2.83. The molecule has 1 aromatic heterocycles. The van der Waals surface area contributed by atoms with Crippen LogP contribution in [0.5, 0.6) is 0 Å². The van der Waals surface area contributed by atoms with Gasteiger partial charge in [-0.2, -0.15) is 10.5 Å². The van der Waals surface area contributed by atoms with Crippen LogP contribution in [0.25, 0.3) is 0 Å². The molecule has 0 amide bonds. The van der Waals surface area contributed by atoms with Crippen molar-refractivity contribution in [2.45, 2.75) is 45.2 Å². The molecule has 0 N–H and O–H groups in total. The minimum absolute atomic E-state index is 0.254. The Kier molecular flexibility index (Phi) is 6.21. The second kappa shape index (κ2) is 7.82. The average molecular weight is 364 g/mol. The SMILES string of the molecule is CCOC1(OCC)[C@H](c2cccs2)C(C#N)(C#N)C1(OCC)OCC. The third kappa shape index (κ3) is 2.51. The molecule has 1 aliphatic carbocycles. The fourth-order valence-electron chi connectivity index (χ4n) is 3.72. The fourth-order valence-corrected chi connectivity index (χ4v) is 4.66. The lowest BCUT2D eigenvalue weighted by molar-refractivity contribution is -0.496. The largest absolute Gasteiger partial charge is 0.345 e. The summed E-state index contributed by atoms with van der Waals surface area (Å²) in [5.41, 5.74) is -1.58. The number of nitrogens with zero attached hydrogens (tertiary/aromatic N) is 2. The summed E-state index contributed by atoms with van der Waals surface area (Å²) >= 11 is 1.46. The maximum atomic E-state index is 10.0. The van der Waals surface area contributed by atoms with E-state index in [1.807, 2.05) is 31.4 Å². The van der Waals surface area contributed by atoms with Crippen molar-refractivity contribution in [3.8, 4) is 12.1 Å². The molecule has 6 nitrogen and oxygen atoms in total. The van der Waals surface area contributed by atoms with Gasteiger partial charge in [0, 0.05) is 31.3 Å². The molecule has 1 heterocycles. The van der Waals surface area contributed by atoms with Gasteiger partial charge >= 0.3 is 0 Å². The van der Waals surface area contributed by atoms with Crippen molar-refractivity contribution < 1.29 is 18.9 Å². The van der Waals surface area contributed by atoms with Gasteiger partial charge in [0.25, 0.3) is 5.79 Å². The van der Waals surface area contributed by atoms with E-state index in [0.717, 1.165) is 4.88 Å². The molecular formula is C18H24N2O4S. The average Bonchev–Trinajstić information content (AvgIpc) is 3.12. The van der Waals surface area contributed by atoms with Gasteiger partial charge in [-0.15, -0.1) is 11.3 Å². The molecule has 0 aromatic carbocycles. The van der Waals surface area contributed by atoms with Crippen molar-refractivity contribution in [2.75, 3.05) is 26.4 Å². The van der Waals surface area contributed by atoms with E-state index in [9.17, 15) is 10.5 Å². The zero-order valence-electron chi connectivity index (χ0n) is 15.1. The molecular weight excluding hydrogens is 340 g/mol. The monoisotopic (exact) mass is 364 g/mol. The lowest BCUT2D eigenvalue weighted by Gasteiger charge is -2.66. The van der Waals surface area contributed by atoms with Crippen LogP contribution in [0.1, 0.15) is 38.5 Å². The first kappa shape index (κ1) is 19.8. The lowest BCUT2D eigenvalue weighted by atomic mass is 9.51. The first-order valence-corrected chi connectivity index (χ1v) is 9.39.